The minimum absolute atomic E-state index is 0.0157. The number of nitrogens with two attached hydrogens (primary N) is 1. The van der Waals surface area contributed by atoms with Crippen LogP contribution in [0.15, 0.2) is 43.0 Å². The lowest BCUT2D eigenvalue weighted by atomic mass is 10.2. The molecule has 0 bridgehead atoms. The second-order valence-electron chi connectivity index (χ2n) is 4.94. The Morgan fingerprint density at radius 3 is 2.24 bits per heavy atom. The minimum atomic E-state index is -3.74. The van der Waals surface area contributed by atoms with Gasteiger partial charge in [0.05, 0.1) is 16.8 Å². The molecule has 1 rings (SSSR count). The molecule has 5 nitrogen and oxygen atoms in total. The van der Waals surface area contributed by atoms with E-state index in [1.165, 1.54) is 0 Å². The second-order valence-corrected chi connectivity index (χ2v) is 8.97. The molecule has 0 fully saturated rings. The summed E-state index contributed by atoms with van der Waals surface area (Å²) in [5.41, 5.74) is 0.691. The highest BCUT2D eigenvalue weighted by atomic mass is 32.2. The summed E-state index contributed by atoms with van der Waals surface area (Å²) in [6.45, 7) is 3.53. The Hall–Kier alpha value is -1.18. The zero-order chi connectivity index (χ0) is 15.9. The lowest BCUT2D eigenvalue weighted by Gasteiger charge is -2.13. The molecule has 7 heteroatoms. The number of rotatable bonds is 9. The van der Waals surface area contributed by atoms with Gasteiger partial charge in [0.15, 0.2) is 9.84 Å². The largest absolute Gasteiger partial charge is 0.228 e. The molecule has 2 N–H and O–H groups in total. The summed E-state index contributed by atoms with van der Waals surface area (Å²) < 4.78 is 47.0. The molecule has 0 aliphatic heterocycles. The Bertz CT molecular complexity index is 651. The van der Waals surface area contributed by atoms with Crippen molar-refractivity contribution in [3.63, 3.8) is 0 Å². The van der Waals surface area contributed by atoms with Crippen LogP contribution in [0.1, 0.15) is 24.8 Å². The van der Waals surface area contributed by atoms with Gasteiger partial charge in [0.25, 0.3) is 0 Å². The van der Waals surface area contributed by atoms with E-state index in [-0.39, 0.29) is 17.9 Å². The summed E-state index contributed by atoms with van der Waals surface area (Å²) in [6, 6.07) is 8.80. The molecule has 21 heavy (non-hydrogen) atoms. The van der Waals surface area contributed by atoms with Crippen LogP contribution in [0.5, 0.6) is 0 Å². The van der Waals surface area contributed by atoms with Gasteiger partial charge >= 0.3 is 0 Å². The number of benzene rings is 1. The molecule has 0 saturated carbocycles. The molecule has 0 aliphatic rings. The number of hydrogen-bond donors (Lipinski definition) is 1. The van der Waals surface area contributed by atoms with Crippen molar-refractivity contribution in [2.45, 2.75) is 30.3 Å². The third-order valence-corrected chi connectivity index (χ3v) is 6.17. The molecule has 1 aromatic rings. The zero-order valence-corrected chi connectivity index (χ0v) is 13.4. The first-order valence-corrected chi connectivity index (χ1v) is 10.0. The van der Waals surface area contributed by atoms with Crippen LogP contribution in [0.4, 0.5) is 0 Å². The van der Waals surface area contributed by atoms with E-state index in [1.807, 2.05) is 6.07 Å². The van der Waals surface area contributed by atoms with Crippen LogP contribution < -0.4 is 5.14 Å². The summed E-state index contributed by atoms with van der Waals surface area (Å²) in [4.78, 5) is 0. The van der Waals surface area contributed by atoms with Crippen molar-refractivity contribution in [2.75, 3.05) is 5.75 Å². The van der Waals surface area contributed by atoms with E-state index in [0.29, 0.717) is 18.4 Å². The third kappa shape index (κ3) is 6.88. The maximum absolute atomic E-state index is 12.0. The van der Waals surface area contributed by atoms with Crippen molar-refractivity contribution >= 4 is 19.9 Å². The normalized spacial score (nSPS) is 13.8. The van der Waals surface area contributed by atoms with E-state index < -0.39 is 25.1 Å². The Morgan fingerprint density at radius 2 is 1.71 bits per heavy atom. The predicted molar refractivity (Wildman–Crippen MR) is 84.9 cm³/mol. The lowest BCUT2D eigenvalue weighted by molar-refractivity contribution is 0.564. The van der Waals surface area contributed by atoms with Gasteiger partial charge in [-0.15, -0.1) is 6.58 Å². The van der Waals surface area contributed by atoms with Gasteiger partial charge in [-0.25, -0.2) is 22.0 Å². The van der Waals surface area contributed by atoms with Gasteiger partial charge in [-0.2, -0.15) is 0 Å². The summed E-state index contributed by atoms with van der Waals surface area (Å²) >= 11 is 0. The molecular weight excluding hydrogens is 310 g/mol. The maximum Gasteiger partial charge on any atom is 0.212 e. The highest BCUT2D eigenvalue weighted by Crippen LogP contribution is 2.14. The molecule has 0 aliphatic carbocycles. The second kappa shape index (κ2) is 7.72. The van der Waals surface area contributed by atoms with Crippen LogP contribution >= 0.6 is 0 Å². The predicted octanol–water partition coefficient (Wildman–Crippen LogP) is 1.61. The topological polar surface area (TPSA) is 94.3 Å². The van der Waals surface area contributed by atoms with Crippen LogP contribution in [0.2, 0.25) is 0 Å². The van der Waals surface area contributed by atoms with Crippen LogP contribution in [0, 0.1) is 0 Å². The average molecular weight is 331 g/mol. The van der Waals surface area contributed by atoms with Gasteiger partial charge < -0.3 is 0 Å². The Morgan fingerprint density at radius 1 is 1.10 bits per heavy atom. The molecule has 1 atom stereocenters. The fraction of sp³-hybridized carbons (Fsp3) is 0.429. The maximum atomic E-state index is 12.0. The molecule has 1 aromatic carbocycles. The number of sulfone groups is 1. The van der Waals surface area contributed by atoms with Crippen molar-refractivity contribution in [1.29, 1.82) is 0 Å². The monoisotopic (exact) mass is 331 g/mol. The highest BCUT2D eigenvalue weighted by molar-refractivity contribution is 7.91. The molecular formula is C14H21NO4S2. The Kier molecular flexibility index (Phi) is 6.57. The Balaban J connectivity index is 2.68. The van der Waals surface area contributed by atoms with Crippen molar-refractivity contribution < 1.29 is 16.8 Å². The molecule has 0 saturated heterocycles. The minimum Gasteiger partial charge on any atom is -0.228 e. The first kappa shape index (κ1) is 17.9. The van der Waals surface area contributed by atoms with Gasteiger partial charge in [-0.3, -0.25) is 0 Å². The fourth-order valence-electron chi connectivity index (χ4n) is 1.99. The molecule has 0 radical (unpaired) electrons. The van der Waals surface area contributed by atoms with E-state index in [2.05, 4.69) is 6.58 Å². The fourth-order valence-corrected chi connectivity index (χ4v) is 4.54. The molecule has 0 spiro atoms. The summed E-state index contributed by atoms with van der Waals surface area (Å²) in [7, 11) is -7.11. The smallest absolute Gasteiger partial charge is 0.212 e. The molecule has 1 unspecified atom stereocenters. The summed E-state index contributed by atoms with van der Waals surface area (Å²) in [6.07, 6.45) is 2.39. The van der Waals surface area contributed by atoms with Crippen LogP contribution in [0.25, 0.3) is 0 Å². The zero-order valence-electron chi connectivity index (χ0n) is 11.8. The van der Waals surface area contributed by atoms with Crippen molar-refractivity contribution in [3.8, 4) is 0 Å². The SMILES string of the molecule is C=CCCC(CCS(=O)(=O)Cc1ccccc1)S(N)(=O)=O. The van der Waals surface area contributed by atoms with Gasteiger partial charge in [0.1, 0.15) is 0 Å². The molecule has 0 heterocycles. The average Bonchev–Trinajstić information content (AvgIpc) is 2.37. The van der Waals surface area contributed by atoms with Gasteiger partial charge in [-0.05, 0) is 24.8 Å². The third-order valence-electron chi connectivity index (χ3n) is 3.14. The van der Waals surface area contributed by atoms with E-state index in [9.17, 15) is 16.8 Å². The quantitative estimate of drug-likeness (QED) is 0.696. The first-order chi connectivity index (χ1) is 9.74. The van der Waals surface area contributed by atoms with E-state index in [1.54, 1.807) is 30.3 Å². The van der Waals surface area contributed by atoms with Crippen molar-refractivity contribution in [3.05, 3.63) is 48.6 Å². The van der Waals surface area contributed by atoms with Crippen molar-refractivity contribution in [1.82, 2.24) is 0 Å². The van der Waals surface area contributed by atoms with Gasteiger partial charge in [0.2, 0.25) is 10.0 Å². The van der Waals surface area contributed by atoms with Gasteiger partial charge in [-0.1, -0.05) is 36.4 Å². The summed E-state index contributed by atoms with van der Waals surface area (Å²) in [5, 5.41) is 4.30. The van der Waals surface area contributed by atoms with Crippen LogP contribution in [-0.4, -0.2) is 27.8 Å². The number of hydrogen-bond acceptors (Lipinski definition) is 4. The van der Waals surface area contributed by atoms with E-state index >= 15 is 0 Å². The molecule has 0 aromatic heterocycles. The van der Waals surface area contributed by atoms with Crippen molar-refractivity contribution in [2.24, 2.45) is 5.14 Å². The summed E-state index contributed by atoms with van der Waals surface area (Å²) in [5.74, 6) is -0.285. The number of primary sulfonamides is 1. The standard InChI is InChI=1S/C14H21NO4S2/c1-2-3-9-14(21(15,18)19)10-11-20(16,17)12-13-7-5-4-6-8-13/h2,4-8,14H,1,3,9-12H2,(H2,15,18,19). The first-order valence-electron chi connectivity index (χ1n) is 6.61. The molecule has 118 valence electrons. The highest BCUT2D eigenvalue weighted by Gasteiger charge is 2.23. The van der Waals surface area contributed by atoms with Crippen LogP contribution in [0.3, 0.4) is 0 Å². The van der Waals surface area contributed by atoms with Crippen LogP contribution in [-0.2, 0) is 25.6 Å². The lowest BCUT2D eigenvalue weighted by Crippen LogP contribution is -2.30. The van der Waals surface area contributed by atoms with E-state index in [4.69, 9.17) is 5.14 Å². The number of sulfonamides is 1. The van der Waals surface area contributed by atoms with Gasteiger partial charge in [0, 0.05) is 0 Å². The molecule has 0 amide bonds. The van der Waals surface area contributed by atoms with E-state index in [0.717, 1.165) is 0 Å². The Labute approximate surface area is 126 Å². The number of allylic oxidation sites excluding steroid dienone is 1.